The smallest absolute Gasteiger partial charge is 0.417 e. The van der Waals surface area contributed by atoms with Crippen molar-refractivity contribution in [2.24, 2.45) is 0 Å². The van der Waals surface area contributed by atoms with Crippen LogP contribution in [0.4, 0.5) is 4.79 Å². The van der Waals surface area contributed by atoms with Crippen molar-refractivity contribution in [2.45, 2.75) is 45.3 Å². The van der Waals surface area contributed by atoms with Crippen LogP contribution in [0, 0.1) is 0 Å². The lowest BCUT2D eigenvalue weighted by Crippen LogP contribution is -2.43. The van der Waals surface area contributed by atoms with Gasteiger partial charge in [-0.05, 0) is 43.9 Å². The molecule has 1 aliphatic rings. The highest BCUT2D eigenvalue weighted by Crippen LogP contribution is 2.29. The number of carbonyl (C=O) groups excluding carboxylic acids is 2. The Hall–Kier alpha value is -3.08. The summed E-state index contributed by atoms with van der Waals surface area (Å²) >= 11 is 0. The van der Waals surface area contributed by atoms with Crippen molar-refractivity contribution in [1.29, 1.82) is 0 Å². The Kier molecular flexibility index (Phi) is 6.30. The summed E-state index contributed by atoms with van der Waals surface area (Å²) in [7, 11) is 3.74. The average molecular weight is 407 g/mol. The van der Waals surface area contributed by atoms with E-state index in [4.69, 9.17) is 4.74 Å². The van der Waals surface area contributed by atoms with E-state index < -0.39 is 11.7 Å². The maximum atomic E-state index is 12.9. The number of hydrogen-bond acceptors (Lipinski definition) is 4. The molecular weight excluding hydrogens is 376 g/mol. The van der Waals surface area contributed by atoms with Gasteiger partial charge in [-0.2, -0.15) is 0 Å². The third kappa shape index (κ3) is 5.29. The highest BCUT2D eigenvalue weighted by atomic mass is 16.6. The minimum Gasteiger partial charge on any atom is -0.443 e. The molecule has 0 radical (unpaired) electrons. The Bertz CT molecular complexity index is 925. The molecule has 0 unspecified atom stereocenters. The number of hydrogen-bond donors (Lipinski definition) is 0. The zero-order valence-corrected chi connectivity index (χ0v) is 18.4. The van der Waals surface area contributed by atoms with E-state index in [1.807, 2.05) is 37.2 Å². The van der Waals surface area contributed by atoms with Crippen LogP contribution >= 0.6 is 0 Å². The normalized spacial score (nSPS) is 18.0. The van der Waals surface area contributed by atoms with Crippen molar-refractivity contribution >= 4 is 12.0 Å². The van der Waals surface area contributed by atoms with Crippen LogP contribution in [0.15, 0.2) is 66.4 Å². The monoisotopic (exact) mass is 406 g/mol. The molecule has 5 heteroatoms. The molecule has 3 rings (SSSR count). The largest absolute Gasteiger partial charge is 0.443 e. The molecule has 158 valence electrons. The van der Waals surface area contributed by atoms with Crippen LogP contribution < -0.4 is 0 Å². The molecule has 1 aliphatic heterocycles. The Morgan fingerprint density at radius 2 is 1.67 bits per heavy atom. The van der Waals surface area contributed by atoms with Crippen LogP contribution in [-0.4, -0.2) is 47.5 Å². The minimum absolute atomic E-state index is 0.263. The first-order chi connectivity index (χ1) is 14.1. The van der Waals surface area contributed by atoms with Crippen LogP contribution in [0.5, 0.6) is 0 Å². The van der Waals surface area contributed by atoms with Crippen LogP contribution in [0.3, 0.4) is 0 Å². The van der Waals surface area contributed by atoms with Crippen molar-refractivity contribution in [3.8, 4) is 11.1 Å². The van der Waals surface area contributed by atoms with Gasteiger partial charge in [-0.25, -0.2) is 9.69 Å². The van der Waals surface area contributed by atoms with E-state index in [1.54, 1.807) is 27.0 Å². The van der Waals surface area contributed by atoms with Gasteiger partial charge in [-0.3, -0.25) is 4.79 Å². The summed E-state index contributed by atoms with van der Waals surface area (Å²) in [6.07, 6.45) is 2.31. The molecule has 2 aromatic carbocycles. The fourth-order valence-electron chi connectivity index (χ4n) is 3.62. The SMILES string of the molecule is CN(C)C=C1C[C@@H](Cc2ccc(-c3ccccc3)cc2)N(C(=O)OC(C)(C)C)C1=O. The highest BCUT2D eigenvalue weighted by Gasteiger charge is 2.41. The van der Waals surface area contributed by atoms with Gasteiger partial charge in [0, 0.05) is 32.3 Å². The maximum Gasteiger partial charge on any atom is 0.417 e. The van der Waals surface area contributed by atoms with Gasteiger partial charge in [0.15, 0.2) is 0 Å². The van der Waals surface area contributed by atoms with Crippen molar-refractivity contribution < 1.29 is 14.3 Å². The van der Waals surface area contributed by atoms with Crippen molar-refractivity contribution in [3.63, 3.8) is 0 Å². The number of imide groups is 1. The molecular formula is C25H30N2O3. The molecule has 5 nitrogen and oxygen atoms in total. The molecule has 0 bridgehead atoms. The zero-order valence-electron chi connectivity index (χ0n) is 18.4. The third-order valence-electron chi connectivity index (χ3n) is 4.85. The summed E-state index contributed by atoms with van der Waals surface area (Å²) in [5.41, 5.74) is 3.34. The Balaban J connectivity index is 1.82. The molecule has 1 saturated heterocycles. The summed E-state index contributed by atoms with van der Waals surface area (Å²) in [5.74, 6) is -0.274. The summed E-state index contributed by atoms with van der Waals surface area (Å²) in [6, 6.07) is 18.2. The summed E-state index contributed by atoms with van der Waals surface area (Å²) in [5, 5.41) is 0. The molecule has 1 heterocycles. The molecule has 0 spiro atoms. The highest BCUT2D eigenvalue weighted by molar-refractivity contribution is 6.05. The lowest BCUT2D eigenvalue weighted by atomic mass is 9.99. The minimum atomic E-state index is -0.659. The molecule has 30 heavy (non-hydrogen) atoms. The van der Waals surface area contributed by atoms with Crippen LogP contribution in [0.25, 0.3) is 11.1 Å². The standard InChI is InChI=1S/C25H30N2O3/c1-25(2,3)30-24(29)27-22(16-21(23(27)28)17-26(4)5)15-18-11-13-20(14-12-18)19-9-7-6-8-10-19/h6-14,17,22H,15-16H2,1-5H3/t22-/m1/s1. The zero-order chi connectivity index (χ0) is 21.9. The fourth-order valence-corrected chi connectivity index (χ4v) is 3.62. The quantitative estimate of drug-likeness (QED) is 0.679. The number of ether oxygens (including phenoxy) is 1. The van der Waals surface area contributed by atoms with E-state index in [1.165, 1.54) is 4.90 Å². The van der Waals surface area contributed by atoms with E-state index in [0.29, 0.717) is 18.4 Å². The Labute approximate surface area is 178 Å². The molecule has 0 N–H and O–H groups in total. The molecule has 0 saturated carbocycles. The van der Waals surface area contributed by atoms with Gasteiger partial charge in [0.1, 0.15) is 5.60 Å². The van der Waals surface area contributed by atoms with Gasteiger partial charge in [-0.15, -0.1) is 0 Å². The first-order valence-electron chi connectivity index (χ1n) is 10.2. The van der Waals surface area contributed by atoms with Crippen LogP contribution in [0.2, 0.25) is 0 Å². The predicted molar refractivity (Wildman–Crippen MR) is 119 cm³/mol. The summed E-state index contributed by atoms with van der Waals surface area (Å²) in [6.45, 7) is 5.41. The molecule has 0 aromatic heterocycles. The van der Waals surface area contributed by atoms with Crippen LogP contribution in [0.1, 0.15) is 32.8 Å². The first-order valence-corrected chi connectivity index (χ1v) is 10.2. The topological polar surface area (TPSA) is 49.9 Å². The maximum absolute atomic E-state index is 12.9. The van der Waals surface area contributed by atoms with Crippen molar-refractivity contribution in [1.82, 2.24) is 9.80 Å². The molecule has 1 atom stereocenters. The van der Waals surface area contributed by atoms with Gasteiger partial charge in [0.2, 0.25) is 0 Å². The van der Waals surface area contributed by atoms with Crippen molar-refractivity contribution in [2.75, 3.05) is 14.1 Å². The van der Waals surface area contributed by atoms with E-state index in [0.717, 1.165) is 16.7 Å². The average Bonchev–Trinajstić information content (AvgIpc) is 2.96. The van der Waals surface area contributed by atoms with Gasteiger partial charge >= 0.3 is 6.09 Å². The number of likely N-dealkylation sites (tertiary alicyclic amines) is 1. The summed E-state index contributed by atoms with van der Waals surface area (Å²) < 4.78 is 5.52. The predicted octanol–water partition coefficient (Wildman–Crippen LogP) is 4.88. The Morgan fingerprint density at radius 3 is 2.23 bits per heavy atom. The van der Waals surface area contributed by atoms with Crippen molar-refractivity contribution in [3.05, 3.63) is 71.9 Å². The van der Waals surface area contributed by atoms with Gasteiger partial charge in [0.05, 0.1) is 6.04 Å². The van der Waals surface area contributed by atoms with Gasteiger partial charge in [0.25, 0.3) is 5.91 Å². The molecule has 2 aromatic rings. The van der Waals surface area contributed by atoms with E-state index in [2.05, 4.69) is 36.4 Å². The molecule has 1 fully saturated rings. The van der Waals surface area contributed by atoms with Gasteiger partial charge < -0.3 is 9.64 Å². The Morgan fingerprint density at radius 1 is 1.07 bits per heavy atom. The van der Waals surface area contributed by atoms with E-state index >= 15 is 0 Å². The molecule has 2 amide bonds. The number of carbonyl (C=O) groups is 2. The third-order valence-corrected chi connectivity index (χ3v) is 4.85. The second kappa shape index (κ2) is 8.74. The molecule has 0 aliphatic carbocycles. The second-order valence-corrected chi connectivity index (χ2v) is 8.90. The number of benzene rings is 2. The summed E-state index contributed by atoms with van der Waals surface area (Å²) in [4.78, 5) is 28.8. The fraction of sp³-hybridized carbons (Fsp3) is 0.360. The number of amides is 2. The van der Waals surface area contributed by atoms with Crippen LogP contribution in [-0.2, 0) is 16.0 Å². The first kappa shape index (κ1) is 21.6. The number of rotatable bonds is 4. The lowest BCUT2D eigenvalue weighted by molar-refractivity contribution is -0.125. The van der Waals surface area contributed by atoms with E-state index in [9.17, 15) is 9.59 Å². The number of nitrogens with zero attached hydrogens (tertiary/aromatic N) is 2. The second-order valence-electron chi connectivity index (χ2n) is 8.90. The van der Waals surface area contributed by atoms with Gasteiger partial charge in [-0.1, -0.05) is 54.6 Å². The lowest BCUT2D eigenvalue weighted by Gasteiger charge is -2.27. The van der Waals surface area contributed by atoms with E-state index in [-0.39, 0.29) is 11.9 Å².